The second-order valence-electron chi connectivity index (χ2n) is 6.68. The third-order valence-corrected chi connectivity index (χ3v) is 5.06. The number of hydrogen-bond donors (Lipinski definition) is 1. The SMILES string of the molecule is Cc1c(/C=N\NC(=O)Cc2cccc3ccccc23)c2ccccc2n1C. The Morgan fingerprint density at radius 3 is 2.56 bits per heavy atom. The highest BCUT2D eigenvalue weighted by molar-refractivity contribution is 6.01. The lowest BCUT2D eigenvalue weighted by Crippen LogP contribution is -2.20. The van der Waals surface area contributed by atoms with Gasteiger partial charge in [-0.2, -0.15) is 5.10 Å². The lowest BCUT2D eigenvalue weighted by molar-refractivity contribution is -0.120. The smallest absolute Gasteiger partial charge is 0.244 e. The Morgan fingerprint density at radius 1 is 1.00 bits per heavy atom. The fourth-order valence-corrected chi connectivity index (χ4v) is 3.54. The van der Waals surface area contributed by atoms with E-state index in [4.69, 9.17) is 0 Å². The van der Waals surface area contributed by atoms with Gasteiger partial charge in [-0.15, -0.1) is 0 Å². The van der Waals surface area contributed by atoms with Crippen molar-refractivity contribution in [2.45, 2.75) is 13.3 Å². The molecule has 0 aliphatic carbocycles. The molecule has 4 aromatic rings. The summed E-state index contributed by atoms with van der Waals surface area (Å²) in [6.45, 7) is 2.05. The molecule has 4 rings (SSSR count). The first-order valence-corrected chi connectivity index (χ1v) is 8.97. The molecule has 0 bridgehead atoms. The Bertz CT molecular complexity index is 1170. The number of hydrazone groups is 1. The first-order valence-electron chi connectivity index (χ1n) is 8.97. The van der Waals surface area contributed by atoms with Crippen molar-refractivity contribution in [2.24, 2.45) is 12.1 Å². The largest absolute Gasteiger partial charge is 0.347 e. The standard InChI is InChI=1S/C23H21N3O/c1-16-21(20-12-5-6-13-22(20)26(16)2)15-24-25-23(27)14-18-10-7-9-17-8-3-4-11-19(17)18/h3-13,15H,14H2,1-2H3,(H,25,27)/b24-15-. The van der Waals surface area contributed by atoms with E-state index in [0.717, 1.165) is 38.5 Å². The van der Waals surface area contributed by atoms with E-state index >= 15 is 0 Å². The van der Waals surface area contributed by atoms with Crippen molar-refractivity contribution in [3.63, 3.8) is 0 Å². The molecule has 1 aromatic heterocycles. The van der Waals surface area contributed by atoms with E-state index in [1.54, 1.807) is 6.21 Å². The molecule has 4 heteroatoms. The van der Waals surface area contributed by atoms with Gasteiger partial charge in [0.2, 0.25) is 5.91 Å². The highest BCUT2D eigenvalue weighted by Crippen LogP contribution is 2.23. The number of fused-ring (bicyclic) bond motifs is 2. The van der Waals surface area contributed by atoms with Crippen LogP contribution in [0.25, 0.3) is 21.7 Å². The Labute approximate surface area is 158 Å². The molecule has 0 saturated heterocycles. The van der Waals surface area contributed by atoms with Crippen molar-refractivity contribution >= 4 is 33.8 Å². The molecule has 0 spiro atoms. The van der Waals surface area contributed by atoms with Crippen molar-refractivity contribution in [2.75, 3.05) is 0 Å². The molecule has 134 valence electrons. The average molecular weight is 355 g/mol. The van der Waals surface area contributed by atoms with Gasteiger partial charge in [-0.05, 0) is 29.3 Å². The Balaban J connectivity index is 1.52. The summed E-state index contributed by atoms with van der Waals surface area (Å²) < 4.78 is 2.13. The molecule has 0 aliphatic heterocycles. The first kappa shape index (κ1) is 17.0. The Kier molecular flexibility index (Phi) is 4.47. The number of hydrogen-bond acceptors (Lipinski definition) is 2. The van der Waals surface area contributed by atoms with E-state index in [9.17, 15) is 4.79 Å². The van der Waals surface area contributed by atoms with Crippen LogP contribution in [0.1, 0.15) is 16.8 Å². The van der Waals surface area contributed by atoms with E-state index in [0.29, 0.717) is 6.42 Å². The van der Waals surface area contributed by atoms with Crippen molar-refractivity contribution in [3.05, 3.63) is 83.6 Å². The van der Waals surface area contributed by atoms with Crippen molar-refractivity contribution in [3.8, 4) is 0 Å². The maximum absolute atomic E-state index is 12.4. The second kappa shape index (κ2) is 7.08. The van der Waals surface area contributed by atoms with Crippen molar-refractivity contribution in [1.82, 2.24) is 9.99 Å². The molecule has 0 unspecified atom stereocenters. The molecule has 1 amide bonds. The van der Waals surface area contributed by atoms with Gasteiger partial charge in [0.05, 0.1) is 12.6 Å². The zero-order valence-electron chi connectivity index (χ0n) is 15.4. The lowest BCUT2D eigenvalue weighted by atomic mass is 10.0. The van der Waals surface area contributed by atoms with Gasteiger partial charge >= 0.3 is 0 Å². The number of aromatic nitrogens is 1. The molecule has 27 heavy (non-hydrogen) atoms. The molecule has 0 saturated carbocycles. The van der Waals surface area contributed by atoms with Crippen LogP contribution < -0.4 is 5.43 Å². The van der Waals surface area contributed by atoms with Crippen LogP contribution in [0, 0.1) is 6.92 Å². The zero-order valence-corrected chi connectivity index (χ0v) is 15.4. The lowest BCUT2D eigenvalue weighted by Gasteiger charge is -2.05. The van der Waals surface area contributed by atoms with Crippen molar-refractivity contribution in [1.29, 1.82) is 0 Å². The summed E-state index contributed by atoms with van der Waals surface area (Å²) in [5, 5.41) is 7.57. The van der Waals surface area contributed by atoms with Gasteiger partial charge in [0, 0.05) is 29.2 Å². The van der Waals surface area contributed by atoms with Crippen LogP contribution >= 0.6 is 0 Å². The van der Waals surface area contributed by atoms with Gasteiger partial charge in [-0.25, -0.2) is 5.43 Å². The molecular weight excluding hydrogens is 334 g/mol. The number of aryl methyl sites for hydroxylation is 1. The molecular formula is C23H21N3O. The van der Waals surface area contributed by atoms with Gasteiger partial charge in [0.1, 0.15) is 0 Å². The molecule has 0 radical (unpaired) electrons. The summed E-state index contributed by atoms with van der Waals surface area (Å²) in [4.78, 5) is 12.4. The van der Waals surface area contributed by atoms with E-state index in [1.807, 2.05) is 49.5 Å². The van der Waals surface area contributed by atoms with Crippen LogP contribution in [0.2, 0.25) is 0 Å². The number of amides is 1. The van der Waals surface area contributed by atoms with Crippen LogP contribution in [0.15, 0.2) is 71.8 Å². The maximum Gasteiger partial charge on any atom is 0.244 e. The first-order chi connectivity index (χ1) is 13.1. The van der Waals surface area contributed by atoms with Gasteiger partial charge in [-0.3, -0.25) is 4.79 Å². The molecule has 1 N–H and O–H groups in total. The van der Waals surface area contributed by atoms with Crippen LogP contribution in [-0.4, -0.2) is 16.7 Å². The summed E-state index contributed by atoms with van der Waals surface area (Å²) >= 11 is 0. The molecule has 0 atom stereocenters. The molecule has 0 fully saturated rings. The monoisotopic (exact) mass is 355 g/mol. The summed E-state index contributed by atoms with van der Waals surface area (Å²) in [6.07, 6.45) is 2.03. The quantitative estimate of drug-likeness (QED) is 0.430. The topological polar surface area (TPSA) is 46.4 Å². The molecule has 3 aromatic carbocycles. The van der Waals surface area contributed by atoms with Gasteiger partial charge in [0.15, 0.2) is 0 Å². The second-order valence-corrected chi connectivity index (χ2v) is 6.68. The summed E-state index contributed by atoms with van der Waals surface area (Å²) in [5.74, 6) is -0.125. The van der Waals surface area contributed by atoms with E-state index < -0.39 is 0 Å². The Hall–Kier alpha value is -3.40. The van der Waals surface area contributed by atoms with E-state index in [1.165, 1.54) is 0 Å². The minimum absolute atomic E-state index is 0.125. The number of nitrogens with one attached hydrogen (secondary N) is 1. The van der Waals surface area contributed by atoms with Crippen LogP contribution in [-0.2, 0) is 18.3 Å². The van der Waals surface area contributed by atoms with Crippen LogP contribution in [0.4, 0.5) is 0 Å². The number of carbonyl (C=O) groups excluding carboxylic acids is 1. The number of para-hydroxylation sites is 1. The number of rotatable bonds is 4. The fourth-order valence-electron chi connectivity index (χ4n) is 3.54. The highest BCUT2D eigenvalue weighted by atomic mass is 16.2. The van der Waals surface area contributed by atoms with E-state index in [-0.39, 0.29) is 5.91 Å². The van der Waals surface area contributed by atoms with Gasteiger partial charge < -0.3 is 4.57 Å². The fraction of sp³-hybridized carbons (Fsp3) is 0.130. The zero-order chi connectivity index (χ0) is 18.8. The van der Waals surface area contributed by atoms with Crippen LogP contribution in [0.5, 0.6) is 0 Å². The Morgan fingerprint density at radius 2 is 1.70 bits per heavy atom. The normalized spacial score (nSPS) is 11.5. The van der Waals surface area contributed by atoms with Crippen LogP contribution in [0.3, 0.4) is 0 Å². The predicted octanol–water partition coefficient (Wildman–Crippen LogP) is 4.33. The summed E-state index contributed by atoms with van der Waals surface area (Å²) in [5.41, 5.74) is 6.96. The average Bonchev–Trinajstić information content (AvgIpc) is 2.93. The minimum Gasteiger partial charge on any atom is -0.347 e. The number of benzene rings is 3. The third-order valence-electron chi connectivity index (χ3n) is 5.06. The highest BCUT2D eigenvalue weighted by Gasteiger charge is 2.10. The minimum atomic E-state index is -0.125. The van der Waals surface area contributed by atoms with E-state index in [2.05, 4.69) is 46.3 Å². The third kappa shape index (κ3) is 3.22. The molecule has 4 nitrogen and oxygen atoms in total. The molecule has 1 heterocycles. The predicted molar refractivity (Wildman–Crippen MR) is 111 cm³/mol. The summed E-state index contributed by atoms with van der Waals surface area (Å²) in [7, 11) is 2.04. The summed E-state index contributed by atoms with van der Waals surface area (Å²) in [6, 6.07) is 22.3. The van der Waals surface area contributed by atoms with Gasteiger partial charge in [0.25, 0.3) is 0 Å². The van der Waals surface area contributed by atoms with Gasteiger partial charge in [-0.1, -0.05) is 60.7 Å². The number of nitrogens with zero attached hydrogens (tertiary/aromatic N) is 2. The molecule has 0 aliphatic rings. The number of carbonyl (C=O) groups is 1. The van der Waals surface area contributed by atoms with Crippen molar-refractivity contribution < 1.29 is 4.79 Å². The maximum atomic E-state index is 12.4.